The van der Waals surface area contributed by atoms with Crippen molar-refractivity contribution in [3.05, 3.63) is 11.1 Å². The molecule has 0 saturated heterocycles. The maximum absolute atomic E-state index is 11.7. The summed E-state index contributed by atoms with van der Waals surface area (Å²) in [6.45, 7) is 8.65. The van der Waals surface area contributed by atoms with Gasteiger partial charge in [0.2, 0.25) is 0 Å². The highest BCUT2D eigenvalue weighted by Crippen LogP contribution is 2.38. The van der Waals surface area contributed by atoms with Crippen molar-refractivity contribution in [2.75, 3.05) is 6.61 Å². The van der Waals surface area contributed by atoms with Crippen LogP contribution >= 0.6 is 0 Å². The van der Waals surface area contributed by atoms with Crippen molar-refractivity contribution in [3.8, 4) is 0 Å². The molecule has 2 atom stereocenters. The van der Waals surface area contributed by atoms with E-state index in [1.165, 1.54) is 11.1 Å². The minimum absolute atomic E-state index is 0.0277. The molecule has 80 valence electrons. The van der Waals surface area contributed by atoms with E-state index in [0.717, 1.165) is 12.8 Å². The third kappa shape index (κ3) is 2.17. The van der Waals surface area contributed by atoms with Crippen molar-refractivity contribution in [2.45, 2.75) is 40.5 Å². The van der Waals surface area contributed by atoms with Crippen LogP contribution in [0.4, 0.5) is 0 Å². The Kier molecular flexibility index (Phi) is 3.73. The molecule has 0 aromatic rings. The first-order valence-corrected chi connectivity index (χ1v) is 5.40. The molecule has 1 aliphatic rings. The lowest BCUT2D eigenvalue weighted by Crippen LogP contribution is -2.21. The molecule has 0 spiro atoms. The zero-order valence-electron chi connectivity index (χ0n) is 9.59. The molecule has 0 unspecified atom stereocenters. The van der Waals surface area contributed by atoms with Crippen LogP contribution in [0.1, 0.15) is 40.5 Å². The first-order valence-electron chi connectivity index (χ1n) is 5.40. The molecule has 0 aromatic heterocycles. The standard InChI is InChI=1S/C12H20O2/c1-5-14-12(13)11-9(4)6-7-10(11)8(2)3/h9,11H,5-7H2,1-4H3/t9-,11+/m1/s1. The van der Waals surface area contributed by atoms with Gasteiger partial charge < -0.3 is 4.74 Å². The lowest BCUT2D eigenvalue weighted by molar-refractivity contribution is -0.147. The molecule has 0 aromatic carbocycles. The van der Waals surface area contributed by atoms with Gasteiger partial charge >= 0.3 is 5.97 Å². The van der Waals surface area contributed by atoms with Gasteiger partial charge in [0.15, 0.2) is 0 Å². The molecule has 0 heterocycles. The summed E-state index contributed by atoms with van der Waals surface area (Å²) in [6.07, 6.45) is 2.18. The molecule has 0 amide bonds. The Bertz CT molecular complexity index is 249. The fourth-order valence-electron chi connectivity index (χ4n) is 2.22. The van der Waals surface area contributed by atoms with Crippen molar-refractivity contribution in [3.63, 3.8) is 0 Å². The Balaban J connectivity index is 2.82. The molecule has 2 heteroatoms. The van der Waals surface area contributed by atoms with Gasteiger partial charge in [0.25, 0.3) is 0 Å². The van der Waals surface area contributed by atoms with E-state index in [2.05, 4.69) is 20.8 Å². The van der Waals surface area contributed by atoms with Gasteiger partial charge in [0, 0.05) is 0 Å². The van der Waals surface area contributed by atoms with Crippen molar-refractivity contribution in [1.29, 1.82) is 0 Å². The van der Waals surface area contributed by atoms with E-state index in [-0.39, 0.29) is 11.9 Å². The van der Waals surface area contributed by atoms with Crippen LogP contribution in [-0.2, 0) is 9.53 Å². The van der Waals surface area contributed by atoms with Gasteiger partial charge in [-0.3, -0.25) is 4.79 Å². The predicted octanol–water partition coefficient (Wildman–Crippen LogP) is 2.93. The SMILES string of the molecule is CCOC(=O)[C@@H]1C(=C(C)C)CC[C@H]1C. The zero-order chi connectivity index (χ0) is 10.7. The third-order valence-electron chi connectivity index (χ3n) is 3.00. The number of rotatable bonds is 2. The summed E-state index contributed by atoms with van der Waals surface area (Å²) in [5, 5.41) is 0. The number of esters is 1. The summed E-state index contributed by atoms with van der Waals surface area (Å²) >= 11 is 0. The van der Waals surface area contributed by atoms with E-state index in [1.54, 1.807) is 0 Å². The number of ether oxygens (including phenoxy) is 1. The molecular weight excluding hydrogens is 176 g/mol. The predicted molar refractivity (Wildman–Crippen MR) is 56.9 cm³/mol. The van der Waals surface area contributed by atoms with Crippen LogP contribution < -0.4 is 0 Å². The van der Waals surface area contributed by atoms with Crippen LogP contribution in [0.25, 0.3) is 0 Å². The van der Waals surface area contributed by atoms with Crippen molar-refractivity contribution >= 4 is 5.97 Å². The highest BCUT2D eigenvalue weighted by molar-refractivity contribution is 5.77. The summed E-state index contributed by atoms with van der Waals surface area (Å²) in [4.78, 5) is 11.7. The Morgan fingerprint density at radius 1 is 1.50 bits per heavy atom. The number of hydrogen-bond acceptors (Lipinski definition) is 2. The van der Waals surface area contributed by atoms with E-state index >= 15 is 0 Å². The Labute approximate surface area is 86.3 Å². The smallest absolute Gasteiger partial charge is 0.313 e. The summed E-state index contributed by atoms with van der Waals surface area (Å²) in [5.74, 6) is 0.438. The van der Waals surface area contributed by atoms with Gasteiger partial charge in [-0.25, -0.2) is 0 Å². The van der Waals surface area contributed by atoms with Crippen LogP contribution in [0, 0.1) is 11.8 Å². The van der Waals surface area contributed by atoms with Gasteiger partial charge in [-0.1, -0.05) is 18.1 Å². The molecule has 1 fully saturated rings. The van der Waals surface area contributed by atoms with Crippen LogP contribution in [0.5, 0.6) is 0 Å². The van der Waals surface area contributed by atoms with E-state index in [0.29, 0.717) is 12.5 Å². The molecule has 0 bridgehead atoms. The molecule has 14 heavy (non-hydrogen) atoms. The monoisotopic (exact) mass is 196 g/mol. The summed E-state index contributed by atoms with van der Waals surface area (Å²) < 4.78 is 5.10. The van der Waals surface area contributed by atoms with Gasteiger partial charge in [-0.05, 0) is 39.5 Å². The third-order valence-corrected chi connectivity index (χ3v) is 3.00. The summed E-state index contributed by atoms with van der Waals surface area (Å²) in [7, 11) is 0. The fourth-order valence-corrected chi connectivity index (χ4v) is 2.22. The molecule has 0 N–H and O–H groups in total. The number of allylic oxidation sites excluding steroid dienone is 1. The lowest BCUT2D eigenvalue weighted by Gasteiger charge is -2.16. The molecule has 2 nitrogen and oxygen atoms in total. The van der Waals surface area contributed by atoms with E-state index in [1.807, 2.05) is 6.92 Å². The minimum atomic E-state index is -0.0336. The van der Waals surface area contributed by atoms with Gasteiger partial charge in [-0.15, -0.1) is 0 Å². The highest BCUT2D eigenvalue weighted by Gasteiger charge is 2.35. The quantitative estimate of drug-likeness (QED) is 0.501. The van der Waals surface area contributed by atoms with Crippen LogP contribution in [0.3, 0.4) is 0 Å². The van der Waals surface area contributed by atoms with Crippen LogP contribution in [-0.4, -0.2) is 12.6 Å². The van der Waals surface area contributed by atoms with Gasteiger partial charge in [0.1, 0.15) is 0 Å². The van der Waals surface area contributed by atoms with Crippen molar-refractivity contribution in [1.82, 2.24) is 0 Å². The molecule has 1 saturated carbocycles. The Morgan fingerprint density at radius 2 is 2.14 bits per heavy atom. The second-order valence-corrected chi connectivity index (χ2v) is 4.27. The molecule has 1 aliphatic carbocycles. The maximum Gasteiger partial charge on any atom is 0.313 e. The normalized spacial score (nSPS) is 26.4. The topological polar surface area (TPSA) is 26.3 Å². The second kappa shape index (κ2) is 4.63. The number of carbonyl (C=O) groups is 1. The Morgan fingerprint density at radius 3 is 2.64 bits per heavy atom. The molecule has 0 aliphatic heterocycles. The summed E-state index contributed by atoms with van der Waals surface area (Å²) in [6, 6.07) is 0. The van der Waals surface area contributed by atoms with Gasteiger partial charge in [-0.2, -0.15) is 0 Å². The van der Waals surface area contributed by atoms with Crippen molar-refractivity contribution < 1.29 is 9.53 Å². The largest absolute Gasteiger partial charge is 0.466 e. The average Bonchev–Trinajstić information content (AvgIpc) is 2.47. The summed E-state index contributed by atoms with van der Waals surface area (Å²) in [5.41, 5.74) is 2.59. The van der Waals surface area contributed by atoms with E-state index in [9.17, 15) is 4.79 Å². The molecule has 0 radical (unpaired) electrons. The lowest BCUT2D eigenvalue weighted by atomic mass is 9.93. The van der Waals surface area contributed by atoms with Crippen LogP contribution in [0.15, 0.2) is 11.1 Å². The number of carbonyl (C=O) groups excluding carboxylic acids is 1. The van der Waals surface area contributed by atoms with Crippen LogP contribution in [0.2, 0.25) is 0 Å². The van der Waals surface area contributed by atoms with E-state index in [4.69, 9.17) is 4.74 Å². The first kappa shape index (κ1) is 11.3. The second-order valence-electron chi connectivity index (χ2n) is 4.27. The molecule has 1 rings (SSSR count). The van der Waals surface area contributed by atoms with Gasteiger partial charge in [0.05, 0.1) is 12.5 Å². The number of hydrogen-bond donors (Lipinski definition) is 0. The molecular formula is C12H20O2. The van der Waals surface area contributed by atoms with Crippen molar-refractivity contribution in [2.24, 2.45) is 11.8 Å². The van der Waals surface area contributed by atoms with E-state index < -0.39 is 0 Å². The Hall–Kier alpha value is -0.790. The minimum Gasteiger partial charge on any atom is -0.466 e. The average molecular weight is 196 g/mol. The maximum atomic E-state index is 11.7. The first-order chi connectivity index (χ1) is 6.57. The fraction of sp³-hybridized carbons (Fsp3) is 0.750. The zero-order valence-corrected chi connectivity index (χ0v) is 9.59. The highest BCUT2D eigenvalue weighted by atomic mass is 16.5.